The predicted molar refractivity (Wildman–Crippen MR) is 68.8 cm³/mol. The molecule has 0 saturated carbocycles. The number of nitrogen functional groups attached to an aromatic ring is 1. The molecule has 0 bridgehead atoms. The van der Waals surface area contributed by atoms with Gasteiger partial charge in [-0.05, 0) is 15.9 Å². The first-order valence-corrected chi connectivity index (χ1v) is 5.95. The van der Waals surface area contributed by atoms with Gasteiger partial charge >= 0.3 is 0 Å². The summed E-state index contributed by atoms with van der Waals surface area (Å²) in [4.78, 5) is 8.72. The smallest absolute Gasteiger partial charge is 0.159 e. The van der Waals surface area contributed by atoms with Crippen LogP contribution in [0.5, 0.6) is 0 Å². The van der Waals surface area contributed by atoms with Crippen LogP contribution in [0.15, 0.2) is 22.9 Å². The van der Waals surface area contributed by atoms with Crippen LogP contribution in [-0.4, -0.2) is 19.7 Å². The SMILES string of the molecule is CC(C)c1nc(NN)cc(-n2cc(Br)cn2)n1. The lowest BCUT2D eigenvalue weighted by atomic mass is 10.2. The minimum Gasteiger partial charge on any atom is -0.308 e. The monoisotopic (exact) mass is 296 g/mol. The zero-order chi connectivity index (χ0) is 12.4. The number of hydrazine groups is 1. The number of nitrogens with two attached hydrogens (primary N) is 1. The molecule has 0 spiro atoms. The van der Waals surface area contributed by atoms with Crippen LogP contribution in [0.2, 0.25) is 0 Å². The summed E-state index contributed by atoms with van der Waals surface area (Å²) in [6.45, 7) is 4.05. The van der Waals surface area contributed by atoms with Crippen LogP contribution in [0.1, 0.15) is 25.6 Å². The van der Waals surface area contributed by atoms with Crippen molar-refractivity contribution in [1.82, 2.24) is 19.7 Å². The normalized spacial score (nSPS) is 10.9. The number of rotatable bonds is 3. The summed E-state index contributed by atoms with van der Waals surface area (Å²) in [6.07, 6.45) is 3.53. The summed E-state index contributed by atoms with van der Waals surface area (Å²) in [7, 11) is 0. The summed E-state index contributed by atoms with van der Waals surface area (Å²) in [5.41, 5.74) is 2.54. The van der Waals surface area contributed by atoms with E-state index < -0.39 is 0 Å². The molecular weight excluding hydrogens is 284 g/mol. The summed E-state index contributed by atoms with van der Waals surface area (Å²) < 4.78 is 2.56. The number of nitrogens with zero attached hydrogens (tertiary/aromatic N) is 4. The molecule has 0 aromatic carbocycles. The first kappa shape index (κ1) is 12.0. The molecule has 0 atom stereocenters. The first-order valence-electron chi connectivity index (χ1n) is 5.16. The average Bonchev–Trinajstić information content (AvgIpc) is 2.75. The van der Waals surface area contributed by atoms with Gasteiger partial charge in [0.15, 0.2) is 5.82 Å². The molecule has 0 amide bonds. The number of nitrogens with one attached hydrogen (secondary N) is 1. The Morgan fingerprint density at radius 3 is 2.71 bits per heavy atom. The van der Waals surface area contributed by atoms with Gasteiger partial charge in [-0.2, -0.15) is 5.10 Å². The summed E-state index contributed by atoms with van der Waals surface area (Å²) in [5, 5.41) is 4.17. The third-order valence-electron chi connectivity index (χ3n) is 2.18. The lowest BCUT2D eigenvalue weighted by molar-refractivity contribution is 0.746. The van der Waals surface area contributed by atoms with Crippen LogP contribution in [0.4, 0.5) is 5.82 Å². The summed E-state index contributed by atoms with van der Waals surface area (Å²) in [6, 6.07) is 1.74. The van der Waals surface area contributed by atoms with Gasteiger partial charge in [-0.15, -0.1) is 0 Å². The summed E-state index contributed by atoms with van der Waals surface area (Å²) in [5.74, 6) is 7.60. The Balaban J connectivity index is 2.49. The van der Waals surface area contributed by atoms with E-state index in [4.69, 9.17) is 5.84 Å². The highest BCUT2D eigenvalue weighted by Gasteiger charge is 2.09. The van der Waals surface area contributed by atoms with Gasteiger partial charge in [-0.1, -0.05) is 13.8 Å². The molecular formula is C10H13BrN6. The van der Waals surface area contributed by atoms with Crippen molar-refractivity contribution in [2.45, 2.75) is 19.8 Å². The molecule has 3 N–H and O–H groups in total. The second-order valence-electron chi connectivity index (χ2n) is 3.87. The lowest BCUT2D eigenvalue weighted by Crippen LogP contribution is -2.13. The molecule has 2 aromatic rings. The van der Waals surface area contributed by atoms with Gasteiger partial charge in [0.1, 0.15) is 11.6 Å². The molecule has 90 valence electrons. The van der Waals surface area contributed by atoms with Crippen LogP contribution < -0.4 is 11.3 Å². The van der Waals surface area contributed by atoms with E-state index in [0.717, 1.165) is 10.3 Å². The van der Waals surface area contributed by atoms with E-state index >= 15 is 0 Å². The predicted octanol–water partition coefficient (Wildman–Crippen LogP) is 1.83. The van der Waals surface area contributed by atoms with Crippen molar-refractivity contribution in [3.8, 4) is 5.82 Å². The number of aromatic nitrogens is 4. The van der Waals surface area contributed by atoms with Gasteiger partial charge in [-0.3, -0.25) is 0 Å². The van der Waals surface area contributed by atoms with E-state index in [-0.39, 0.29) is 5.92 Å². The Morgan fingerprint density at radius 1 is 1.41 bits per heavy atom. The van der Waals surface area contributed by atoms with E-state index in [1.165, 1.54) is 0 Å². The zero-order valence-corrected chi connectivity index (χ0v) is 11.1. The highest BCUT2D eigenvalue weighted by atomic mass is 79.9. The number of anilines is 1. The minimum absolute atomic E-state index is 0.223. The molecule has 7 heteroatoms. The molecule has 2 aromatic heterocycles. The fourth-order valence-electron chi connectivity index (χ4n) is 1.33. The highest BCUT2D eigenvalue weighted by molar-refractivity contribution is 9.10. The van der Waals surface area contributed by atoms with Crippen LogP contribution >= 0.6 is 15.9 Å². The molecule has 0 aliphatic rings. The number of halogens is 1. The molecule has 2 rings (SSSR count). The van der Waals surface area contributed by atoms with Gasteiger partial charge in [0.05, 0.1) is 10.7 Å². The number of hydrogen-bond donors (Lipinski definition) is 2. The van der Waals surface area contributed by atoms with Gasteiger partial charge < -0.3 is 5.43 Å². The Morgan fingerprint density at radius 2 is 2.18 bits per heavy atom. The molecule has 0 saturated heterocycles. The van der Waals surface area contributed by atoms with Crippen molar-refractivity contribution in [2.75, 3.05) is 5.43 Å². The second kappa shape index (κ2) is 4.80. The van der Waals surface area contributed by atoms with Gasteiger partial charge in [0.2, 0.25) is 0 Å². The third kappa shape index (κ3) is 2.62. The fraction of sp³-hybridized carbons (Fsp3) is 0.300. The molecule has 6 nitrogen and oxygen atoms in total. The molecule has 0 aliphatic carbocycles. The fourth-order valence-corrected chi connectivity index (χ4v) is 1.61. The molecule has 0 radical (unpaired) electrons. The molecule has 0 aliphatic heterocycles. The quantitative estimate of drug-likeness (QED) is 0.667. The van der Waals surface area contributed by atoms with E-state index in [1.807, 2.05) is 20.0 Å². The molecule has 17 heavy (non-hydrogen) atoms. The Bertz CT molecular complexity index is 521. The largest absolute Gasteiger partial charge is 0.308 e. The molecule has 2 heterocycles. The van der Waals surface area contributed by atoms with Crippen molar-refractivity contribution in [3.05, 3.63) is 28.8 Å². The van der Waals surface area contributed by atoms with Crippen LogP contribution in [0, 0.1) is 0 Å². The van der Waals surface area contributed by atoms with Crippen LogP contribution in [0.3, 0.4) is 0 Å². The highest BCUT2D eigenvalue weighted by Crippen LogP contribution is 2.17. The van der Waals surface area contributed by atoms with E-state index in [0.29, 0.717) is 11.6 Å². The van der Waals surface area contributed by atoms with Crippen molar-refractivity contribution >= 4 is 21.7 Å². The zero-order valence-electron chi connectivity index (χ0n) is 9.55. The van der Waals surface area contributed by atoms with Crippen molar-refractivity contribution < 1.29 is 0 Å². The van der Waals surface area contributed by atoms with E-state index in [2.05, 4.69) is 36.4 Å². The van der Waals surface area contributed by atoms with Gasteiger partial charge in [0, 0.05) is 18.2 Å². The first-order chi connectivity index (χ1) is 8.10. The number of hydrogen-bond acceptors (Lipinski definition) is 5. The van der Waals surface area contributed by atoms with Gasteiger partial charge in [0.25, 0.3) is 0 Å². The van der Waals surface area contributed by atoms with E-state index in [1.54, 1.807) is 16.9 Å². The van der Waals surface area contributed by atoms with Gasteiger partial charge in [-0.25, -0.2) is 20.5 Å². The topological polar surface area (TPSA) is 81.6 Å². The van der Waals surface area contributed by atoms with Crippen molar-refractivity contribution in [1.29, 1.82) is 0 Å². The van der Waals surface area contributed by atoms with Crippen LogP contribution in [0.25, 0.3) is 5.82 Å². The van der Waals surface area contributed by atoms with Crippen LogP contribution in [-0.2, 0) is 0 Å². The van der Waals surface area contributed by atoms with Crippen molar-refractivity contribution in [2.24, 2.45) is 5.84 Å². The maximum absolute atomic E-state index is 5.39. The Kier molecular flexibility index (Phi) is 3.39. The lowest BCUT2D eigenvalue weighted by Gasteiger charge is -2.09. The summed E-state index contributed by atoms with van der Waals surface area (Å²) >= 11 is 3.35. The second-order valence-corrected chi connectivity index (χ2v) is 4.79. The maximum Gasteiger partial charge on any atom is 0.159 e. The maximum atomic E-state index is 5.39. The Hall–Kier alpha value is -1.47. The molecule has 0 fully saturated rings. The minimum atomic E-state index is 0.223. The standard InChI is InChI=1S/C10H13BrN6/c1-6(2)10-14-8(16-12)3-9(15-10)17-5-7(11)4-13-17/h3-6H,12H2,1-2H3,(H,14,15,16). The Labute approximate surface area is 107 Å². The molecule has 0 unspecified atom stereocenters. The third-order valence-corrected chi connectivity index (χ3v) is 2.59. The average molecular weight is 297 g/mol. The van der Waals surface area contributed by atoms with E-state index in [9.17, 15) is 0 Å². The van der Waals surface area contributed by atoms with Crippen molar-refractivity contribution in [3.63, 3.8) is 0 Å².